The molecule has 0 spiro atoms. The van der Waals surface area contributed by atoms with Crippen molar-refractivity contribution in [3.8, 4) is 0 Å². The molecule has 1 aromatic rings. The SMILES string of the molecule is CCCCN(C)c1nc(C)cc(C(=O)NCCC2=CCCCC2)n1. The van der Waals surface area contributed by atoms with E-state index in [0.29, 0.717) is 18.2 Å². The molecule has 24 heavy (non-hydrogen) atoms. The molecule has 1 N–H and O–H groups in total. The van der Waals surface area contributed by atoms with Gasteiger partial charge in [-0.05, 0) is 51.5 Å². The van der Waals surface area contributed by atoms with Gasteiger partial charge in [-0.15, -0.1) is 0 Å². The Hall–Kier alpha value is -1.91. The van der Waals surface area contributed by atoms with E-state index in [1.165, 1.54) is 31.3 Å². The van der Waals surface area contributed by atoms with Gasteiger partial charge in [0.15, 0.2) is 0 Å². The van der Waals surface area contributed by atoms with E-state index < -0.39 is 0 Å². The van der Waals surface area contributed by atoms with Gasteiger partial charge in [-0.1, -0.05) is 25.0 Å². The topological polar surface area (TPSA) is 58.1 Å². The molecule has 0 aromatic carbocycles. The van der Waals surface area contributed by atoms with E-state index in [1.54, 1.807) is 6.07 Å². The van der Waals surface area contributed by atoms with Crippen LogP contribution in [0.1, 0.15) is 68.1 Å². The van der Waals surface area contributed by atoms with E-state index in [2.05, 4.69) is 28.3 Å². The Bertz CT molecular complexity index is 583. The molecule has 0 saturated carbocycles. The fourth-order valence-electron chi connectivity index (χ4n) is 2.89. The first kappa shape index (κ1) is 18.4. The largest absolute Gasteiger partial charge is 0.350 e. The average molecular weight is 330 g/mol. The van der Waals surface area contributed by atoms with Gasteiger partial charge in [0.25, 0.3) is 5.91 Å². The number of carbonyl (C=O) groups is 1. The second kappa shape index (κ2) is 9.40. The summed E-state index contributed by atoms with van der Waals surface area (Å²) < 4.78 is 0. The molecule has 1 aliphatic carbocycles. The predicted molar refractivity (Wildman–Crippen MR) is 98.4 cm³/mol. The molecule has 1 amide bonds. The molecule has 0 aliphatic heterocycles. The predicted octanol–water partition coefficient (Wildman–Crippen LogP) is 3.64. The van der Waals surface area contributed by atoms with Gasteiger partial charge in [0, 0.05) is 25.8 Å². The average Bonchev–Trinajstić information content (AvgIpc) is 2.60. The van der Waals surface area contributed by atoms with E-state index in [1.807, 2.05) is 18.9 Å². The van der Waals surface area contributed by atoms with Crippen LogP contribution in [0.3, 0.4) is 0 Å². The molecule has 5 nitrogen and oxygen atoms in total. The molecule has 0 atom stereocenters. The van der Waals surface area contributed by atoms with Crippen LogP contribution in [0.5, 0.6) is 0 Å². The highest BCUT2D eigenvalue weighted by Gasteiger charge is 2.13. The number of hydrogen-bond donors (Lipinski definition) is 1. The van der Waals surface area contributed by atoms with E-state index >= 15 is 0 Å². The number of hydrogen-bond acceptors (Lipinski definition) is 4. The summed E-state index contributed by atoms with van der Waals surface area (Å²) in [4.78, 5) is 23.3. The maximum atomic E-state index is 12.4. The minimum absolute atomic E-state index is 0.109. The highest BCUT2D eigenvalue weighted by Crippen LogP contribution is 2.19. The van der Waals surface area contributed by atoms with Crippen LogP contribution in [-0.4, -0.2) is 36.0 Å². The van der Waals surface area contributed by atoms with Gasteiger partial charge < -0.3 is 10.2 Å². The first-order valence-corrected chi connectivity index (χ1v) is 9.13. The maximum Gasteiger partial charge on any atom is 0.270 e. The zero-order chi connectivity index (χ0) is 17.4. The molecule has 2 rings (SSSR count). The van der Waals surface area contributed by atoms with Crippen LogP contribution in [0.2, 0.25) is 0 Å². The van der Waals surface area contributed by atoms with E-state index in [0.717, 1.165) is 31.5 Å². The number of aromatic nitrogens is 2. The van der Waals surface area contributed by atoms with Crippen molar-refractivity contribution in [3.63, 3.8) is 0 Å². The van der Waals surface area contributed by atoms with Crippen molar-refractivity contribution in [1.29, 1.82) is 0 Å². The van der Waals surface area contributed by atoms with Crippen LogP contribution in [0.15, 0.2) is 17.7 Å². The number of allylic oxidation sites excluding steroid dienone is 1. The number of carbonyl (C=O) groups excluding carboxylic acids is 1. The van der Waals surface area contributed by atoms with Crippen molar-refractivity contribution in [2.75, 3.05) is 25.0 Å². The lowest BCUT2D eigenvalue weighted by Crippen LogP contribution is -2.28. The summed E-state index contributed by atoms with van der Waals surface area (Å²) in [6.45, 7) is 5.64. The number of nitrogens with one attached hydrogen (secondary N) is 1. The van der Waals surface area contributed by atoms with Gasteiger partial charge in [-0.3, -0.25) is 4.79 Å². The summed E-state index contributed by atoms with van der Waals surface area (Å²) in [6, 6.07) is 1.76. The van der Waals surface area contributed by atoms with Gasteiger partial charge in [-0.25, -0.2) is 9.97 Å². The van der Waals surface area contributed by atoms with Crippen molar-refractivity contribution in [3.05, 3.63) is 29.1 Å². The van der Waals surface area contributed by atoms with Crippen LogP contribution in [0, 0.1) is 6.92 Å². The van der Waals surface area contributed by atoms with Gasteiger partial charge in [-0.2, -0.15) is 0 Å². The lowest BCUT2D eigenvalue weighted by atomic mass is 9.97. The number of unbranched alkanes of at least 4 members (excludes halogenated alkanes) is 1. The Morgan fingerprint density at radius 1 is 1.33 bits per heavy atom. The molecule has 0 bridgehead atoms. The molecule has 5 heteroatoms. The van der Waals surface area contributed by atoms with Gasteiger partial charge in [0.2, 0.25) is 5.95 Å². The van der Waals surface area contributed by atoms with Crippen LogP contribution < -0.4 is 10.2 Å². The first-order valence-electron chi connectivity index (χ1n) is 9.13. The number of amides is 1. The van der Waals surface area contributed by atoms with Crippen molar-refractivity contribution in [1.82, 2.24) is 15.3 Å². The Balaban J connectivity index is 1.93. The Morgan fingerprint density at radius 3 is 2.88 bits per heavy atom. The minimum atomic E-state index is -0.109. The smallest absolute Gasteiger partial charge is 0.270 e. The zero-order valence-electron chi connectivity index (χ0n) is 15.3. The third-order valence-electron chi connectivity index (χ3n) is 4.38. The van der Waals surface area contributed by atoms with Crippen LogP contribution in [-0.2, 0) is 0 Å². The van der Waals surface area contributed by atoms with Crippen molar-refractivity contribution >= 4 is 11.9 Å². The molecule has 0 fully saturated rings. The van der Waals surface area contributed by atoms with Gasteiger partial charge in [0.1, 0.15) is 5.69 Å². The minimum Gasteiger partial charge on any atom is -0.350 e. The third kappa shape index (κ3) is 5.62. The summed E-state index contributed by atoms with van der Waals surface area (Å²) in [7, 11) is 1.97. The standard InChI is InChI=1S/C19H30N4O/c1-4-5-13-23(3)19-21-15(2)14-17(22-19)18(24)20-12-11-16-9-7-6-8-10-16/h9,14H,4-8,10-13H2,1-3H3,(H,20,24). The summed E-state index contributed by atoms with van der Waals surface area (Å²) in [5.74, 6) is 0.519. The van der Waals surface area contributed by atoms with Gasteiger partial charge in [0.05, 0.1) is 0 Å². The first-order chi connectivity index (χ1) is 11.6. The van der Waals surface area contributed by atoms with Gasteiger partial charge >= 0.3 is 0 Å². The Kier molecular flexibility index (Phi) is 7.22. The fraction of sp³-hybridized carbons (Fsp3) is 0.632. The number of aryl methyl sites for hydroxylation is 1. The molecule has 0 saturated heterocycles. The zero-order valence-corrected chi connectivity index (χ0v) is 15.3. The van der Waals surface area contributed by atoms with E-state index in [-0.39, 0.29) is 5.91 Å². The monoisotopic (exact) mass is 330 g/mol. The number of anilines is 1. The number of rotatable bonds is 8. The second-order valence-electron chi connectivity index (χ2n) is 6.58. The van der Waals surface area contributed by atoms with E-state index in [4.69, 9.17) is 0 Å². The molecule has 1 heterocycles. The Labute approximate surface area is 145 Å². The van der Waals surface area contributed by atoms with Crippen molar-refractivity contribution in [2.45, 2.75) is 58.8 Å². The molecular weight excluding hydrogens is 300 g/mol. The Morgan fingerprint density at radius 2 is 2.17 bits per heavy atom. The molecular formula is C19H30N4O. The lowest BCUT2D eigenvalue weighted by Gasteiger charge is -2.18. The summed E-state index contributed by atoms with van der Waals surface area (Å²) in [6.07, 6.45) is 10.4. The fourth-order valence-corrected chi connectivity index (χ4v) is 2.89. The quantitative estimate of drug-likeness (QED) is 0.739. The van der Waals surface area contributed by atoms with Crippen LogP contribution in [0.4, 0.5) is 5.95 Å². The van der Waals surface area contributed by atoms with Crippen LogP contribution in [0.25, 0.3) is 0 Å². The highest BCUT2D eigenvalue weighted by atomic mass is 16.1. The summed E-state index contributed by atoms with van der Waals surface area (Å²) >= 11 is 0. The second-order valence-corrected chi connectivity index (χ2v) is 6.58. The highest BCUT2D eigenvalue weighted by molar-refractivity contribution is 5.92. The normalized spacial score (nSPS) is 14.2. The number of nitrogens with zero attached hydrogens (tertiary/aromatic N) is 3. The maximum absolute atomic E-state index is 12.4. The summed E-state index contributed by atoms with van der Waals surface area (Å²) in [5, 5.41) is 2.99. The van der Waals surface area contributed by atoms with Crippen LogP contribution >= 0.6 is 0 Å². The summed E-state index contributed by atoms with van der Waals surface area (Å²) in [5.41, 5.74) is 2.75. The molecule has 1 aromatic heterocycles. The van der Waals surface area contributed by atoms with E-state index in [9.17, 15) is 4.79 Å². The van der Waals surface area contributed by atoms with Crippen molar-refractivity contribution in [2.24, 2.45) is 0 Å². The molecule has 0 unspecified atom stereocenters. The third-order valence-corrected chi connectivity index (χ3v) is 4.38. The molecule has 132 valence electrons. The molecule has 0 radical (unpaired) electrons. The van der Waals surface area contributed by atoms with Crippen molar-refractivity contribution < 1.29 is 4.79 Å². The lowest BCUT2D eigenvalue weighted by molar-refractivity contribution is 0.0949. The molecule has 1 aliphatic rings.